The van der Waals surface area contributed by atoms with Gasteiger partial charge in [-0.25, -0.2) is 0 Å². The van der Waals surface area contributed by atoms with Gasteiger partial charge in [0.25, 0.3) is 0 Å². The number of carboxylic acids is 1. The number of hydrogen-bond donors (Lipinski definition) is 1. The largest absolute Gasteiger partial charge is 0.481 e. The van der Waals surface area contributed by atoms with Crippen molar-refractivity contribution < 1.29 is 23.1 Å². The molecule has 0 bridgehead atoms. The summed E-state index contributed by atoms with van der Waals surface area (Å²) < 4.78 is 41.4. The Morgan fingerprint density at radius 1 is 1.23 bits per heavy atom. The lowest BCUT2D eigenvalue weighted by Crippen LogP contribution is -2.22. The normalized spacial score (nSPS) is 17.6. The van der Waals surface area contributed by atoms with E-state index in [-0.39, 0.29) is 18.4 Å². The minimum atomic E-state index is -4.38. The Hall–Kier alpha value is -1.95. The average Bonchev–Trinajstić information content (AvgIpc) is 2.93. The van der Waals surface area contributed by atoms with Gasteiger partial charge in [0.1, 0.15) is 0 Å². The molecule has 1 aliphatic carbocycles. The van der Waals surface area contributed by atoms with E-state index >= 15 is 0 Å². The molecule has 170 valence electrons. The molecule has 3 nitrogen and oxygen atoms in total. The molecule has 0 amide bonds. The zero-order valence-electron chi connectivity index (χ0n) is 18.1. The molecular weight excluding hydrogens is 427 g/mol. The molecular formula is C24H29ClF3NO2. The molecule has 0 radical (unpaired) electrons. The van der Waals surface area contributed by atoms with Gasteiger partial charge in [-0.1, -0.05) is 37.6 Å². The first-order chi connectivity index (χ1) is 14.5. The van der Waals surface area contributed by atoms with Gasteiger partial charge < -0.3 is 9.67 Å². The molecule has 0 aliphatic heterocycles. The second-order valence-electron chi connectivity index (χ2n) is 8.93. The molecule has 0 saturated heterocycles. The summed E-state index contributed by atoms with van der Waals surface area (Å²) in [6.45, 7) is 6.15. The topological polar surface area (TPSA) is 42.2 Å². The molecule has 2 atom stereocenters. The highest BCUT2D eigenvalue weighted by Crippen LogP contribution is 2.44. The number of benzene rings is 1. The highest BCUT2D eigenvalue weighted by atomic mass is 35.5. The predicted molar refractivity (Wildman–Crippen MR) is 116 cm³/mol. The Bertz CT molecular complexity index is 932. The molecule has 1 aromatic heterocycles. The van der Waals surface area contributed by atoms with E-state index in [4.69, 9.17) is 11.6 Å². The summed E-state index contributed by atoms with van der Waals surface area (Å²) >= 11 is 6.70. The molecule has 0 spiro atoms. The van der Waals surface area contributed by atoms with E-state index in [0.717, 1.165) is 66.8 Å². The summed E-state index contributed by atoms with van der Waals surface area (Å²) in [5, 5.41) is 10.1. The van der Waals surface area contributed by atoms with Crippen molar-refractivity contribution in [2.75, 3.05) is 0 Å². The first kappa shape index (κ1) is 23.7. The van der Waals surface area contributed by atoms with Crippen molar-refractivity contribution in [3.63, 3.8) is 0 Å². The maximum Gasteiger partial charge on any atom is 0.416 e. The van der Waals surface area contributed by atoms with Crippen LogP contribution in [0.15, 0.2) is 24.3 Å². The molecule has 0 fully saturated rings. The van der Waals surface area contributed by atoms with Crippen molar-refractivity contribution in [3.05, 3.63) is 57.4 Å². The van der Waals surface area contributed by atoms with Crippen LogP contribution in [0.4, 0.5) is 13.2 Å². The first-order valence-electron chi connectivity index (χ1n) is 10.8. The zero-order valence-corrected chi connectivity index (χ0v) is 18.9. The van der Waals surface area contributed by atoms with Crippen LogP contribution in [0.1, 0.15) is 86.0 Å². The van der Waals surface area contributed by atoms with Gasteiger partial charge in [-0.2, -0.15) is 13.2 Å². The van der Waals surface area contributed by atoms with Crippen molar-refractivity contribution in [2.45, 2.75) is 77.4 Å². The van der Waals surface area contributed by atoms with Gasteiger partial charge in [-0.15, -0.1) is 0 Å². The molecule has 1 aliphatic rings. The van der Waals surface area contributed by atoms with Gasteiger partial charge in [0, 0.05) is 17.3 Å². The van der Waals surface area contributed by atoms with Gasteiger partial charge >= 0.3 is 12.1 Å². The van der Waals surface area contributed by atoms with Crippen LogP contribution < -0.4 is 0 Å². The van der Waals surface area contributed by atoms with E-state index in [1.54, 1.807) is 12.1 Å². The van der Waals surface area contributed by atoms with E-state index in [1.807, 2.05) is 6.92 Å². The Morgan fingerprint density at radius 3 is 2.42 bits per heavy atom. The molecule has 31 heavy (non-hydrogen) atoms. The number of rotatable bonds is 7. The van der Waals surface area contributed by atoms with Crippen LogP contribution in [0.5, 0.6) is 0 Å². The minimum Gasteiger partial charge on any atom is -0.481 e. The lowest BCUT2D eigenvalue weighted by molar-refractivity contribution is -0.138. The summed E-state index contributed by atoms with van der Waals surface area (Å²) in [4.78, 5) is 11.5. The van der Waals surface area contributed by atoms with Crippen LogP contribution in [0.3, 0.4) is 0 Å². The highest BCUT2D eigenvalue weighted by molar-refractivity contribution is 6.32. The van der Waals surface area contributed by atoms with Crippen molar-refractivity contribution in [1.29, 1.82) is 0 Å². The summed E-state index contributed by atoms with van der Waals surface area (Å²) in [6, 6.07) is 5.14. The third kappa shape index (κ3) is 5.11. The van der Waals surface area contributed by atoms with Crippen LogP contribution in [-0.2, 0) is 17.4 Å². The van der Waals surface area contributed by atoms with Crippen molar-refractivity contribution in [1.82, 2.24) is 4.57 Å². The summed E-state index contributed by atoms with van der Waals surface area (Å²) in [6.07, 6.45) is -0.294. The fraction of sp³-hybridized carbons (Fsp3) is 0.542. The number of aromatic nitrogens is 1. The van der Waals surface area contributed by atoms with E-state index in [0.29, 0.717) is 10.9 Å². The second-order valence-corrected chi connectivity index (χ2v) is 9.30. The number of nitrogens with zero attached hydrogens (tertiary/aromatic N) is 1. The maximum absolute atomic E-state index is 13.1. The van der Waals surface area contributed by atoms with E-state index in [2.05, 4.69) is 18.4 Å². The maximum atomic E-state index is 13.1. The van der Waals surface area contributed by atoms with Crippen molar-refractivity contribution >= 4 is 17.6 Å². The van der Waals surface area contributed by atoms with Gasteiger partial charge in [-0.05, 0) is 68.2 Å². The molecule has 2 aromatic rings. The minimum absolute atomic E-state index is 0.0245. The summed E-state index contributed by atoms with van der Waals surface area (Å²) in [5.41, 5.74) is 2.92. The number of carboxylic acid groups (broad SMARTS) is 1. The molecule has 1 aromatic carbocycles. The average molecular weight is 456 g/mol. The highest BCUT2D eigenvalue weighted by Gasteiger charge is 2.34. The standard InChI is InChI=1S/C24H29ClF3NO2/c1-14(2)7-12-20(16-8-10-18(11-9-16)24(26,27)28)29-15(3)22(25)19-6-4-5-17(23(19)29)13-21(30)31/h8-11,14,17,20H,4-7,12-13H2,1-3H3,(H,30,31)/t17?,20-/m1/s1. The van der Waals surface area contributed by atoms with Crippen LogP contribution in [-0.4, -0.2) is 15.6 Å². The molecule has 3 rings (SSSR count). The molecule has 0 saturated carbocycles. The van der Waals surface area contributed by atoms with Gasteiger partial charge in [0.2, 0.25) is 0 Å². The van der Waals surface area contributed by atoms with Crippen molar-refractivity contribution in [3.8, 4) is 0 Å². The van der Waals surface area contributed by atoms with Crippen LogP contribution in [0, 0.1) is 12.8 Å². The Labute approximate surface area is 186 Å². The monoisotopic (exact) mass is 455 g/mol. The van der Waals surface area contributed by atoms with E-state index < -0.39 is 17.7 Å². The fourth-order valence-corrected chi connectivity index (χ4v) is 5.03. The number of fused-ring (bicyclic) bond motifs is 1. The first-order valence-corrected chi connectivity index (χ1v) is 11.2. The quantitative estimate of drug-likeness (QED) is 0.473. The summed E-state index contributed by atoms with van der Waals surface area (Å²) in [7, 11) is 0. The van der Waals surface area contributed by atoms with Crippen molar-refractivity contribution in [2.24, 2.45) is 5.92 Å². The Kier molecular flexibility index (Phi) is 7.09. The summed E-state index contributed by atoms with van der Waals surface area (Å²) in [5.74, 6) is -0.579. The SMILES string of the molecule is Cc1c(Cl)c2c(n1[C@H](CCC(C)C)c1ccc(C(F)(F)F)cc1)C(CC(=O)O)CCC2. The predicted octanol–water partition coefficient (Wildman–Crippen LogP) is 7.39. The number of halogens is 4. The molecule has 1 unspecified atom stereocenters. The molecule has 1 N–H and O–H groups in total. The smallest absolute Gasteiger partial charge is 0.416 e. The lowest BCUT2D eigenvalue weighted by Gasteiger charge is -2.30. The van der Waals surface area contributed by atoms with Crippen LogP contribution >= 0.6 is 11.6 Å². The third-order valence-electron chi connectivity index (χ3n) is 6.25. The van der Waals surface area contributed by atoms with Gasteiger partial charge in [0.15, 0.2) is 0 Å². The van der Waals surface area contributed by atoms with Crippen LogP contribution in [0.2, 0.25) is 5.02 Å². The fourth-order valence-electron chi connectivity index (χ4n) is 4.75. The number of aliphatic carboxylic acids is 1. The lowest BCUT2D eigenvalue weighted by atomic mass is 9.85. The molecule has 7 heteroatoms. The Balaban J connectivity index is 2.13. The number of carbonyl (C=O) groups is 1. The molecule has 1 heterocycles. The number of alkyl halides is 3. The van der Waals surface area contributed by atoms with E-state index in [9.17, 15) is 23.1 Å². The van der Waals surface area contributed by atoms with E-state index in [1.165, 1.54) is 0 Å². The zero-order chi connectivity index (χ0) is 22.9. The Morgan fingerprint density at radius 2 is 1.87 bits per heavy atom. The van der Waals surface area contributed by atoms with Crippen LogP contribution in [0.25, 0.3) is 0 Å². The second kappa shape index (κ2) is 9.27. The van der Waals surface area contributed by atoms with Gasteiger partial charge in [0.05, 0.1) is 23.0 Å². The van der Waals surface area contributed by atoms with Gasteiger partial charge in [-0.3, -0.25) is 4.79 Å². The number of hydrogen-bond acceptors (Lipinski definition) is 1. The third-order valence-corrected chi connectivity index (χ3v) is 6.75.